The molecule has 2 aromatic rings. The van der Waals surface area contributed by atoms with Gasteiger partial charge in [0.05, 0.1) is 12.2 Å². The number of aromatic nitrogens is 2. The lowest BCUT2D eigenvalue weighted by Crippen LogP contribution is -2.41. The van der Waals surface area contributed by atoms with Gasteiger partial charge in [-0.1, -0.05) is 18.6 Å². The number of primary amides is 1. The molecule has 8 nitrogen and oxygen atoms in total. The van der Waals surface area contributed by atoms with Gasteiger partial charge in [0.2, 0.25) is 17.8 Å². The minimum absolute atomic E-state index is 0.120. The van der Waals surface area contributed by atoms with Crippen LogP contribution in [0.5, 0.6) is 0 Å². The number of nitrogens with two attached hydrogens (primary N) is 1. The van der Waals surface area contributed by atoms with Crippen molar-refractivity contribution in [1.82, 2.24) is 19.8 Å². The van der Waals surface area contributed by atoms with Gasteiger partial charge >= 0.3 is 0 Å². The minimum Gasteiger partial charge on any atom is -0.366 e. The lowest BCUT2D eigenvalue weighted by atomic mass is 9.95. The Morgan fingerprint density at radius 1 is 1.16 bits per heavy atom. The predicted molar refractivity (Wildman–Crippen MR) is 125 cm³/mol. The van der Waals surface area contributed by atoms with E-state index in [0.29, 0.717) is 24.6 Å². The van der Waals surface area contributed by atoms with Crippen molar-refractivity contribution in [2.45, 2.75) is 31.6 Å². The first-order valence-electron chi connectivity index (χ1n) is 11.4. The third kappa shape index (κ3) is 4.91. The summed E-state index contributed by atoms with van der Waals surface area (Å²) in [5.74, 6) is 0.491. The number of likely N-dealkylation sites (tertiary alicyclic amines) is 2. The van der Waals surface area contributed by atoms with Gasteiger partial charge in [0.15, 0.2) is 0 Å². The second-order valence-corrected chi connectivity index (χ2v) is 8.97. The highest BCUT2D eigenvalue weighted by Crippen LogP contribution is 2.34. The SMILES string of the molecule is CN(C)c1ncc(-c2cccc(C(N)=O)c2)c([C@@H]2CCN(C(=O)CN3CCCCC3)C2)n1. The lowest BCUT2D eigenvalue weighted by Gasteiger charge is -2.28. The fourth-order valence-electron chi connectivity index (χ4n) is 4.59. The summed E-state index contributed by atoms with van der Waals surface area (Å²) in [4.78, 5) is 40.1. The van der Waals surface area contributed by atoms with E-state index >= 15 is 0 Å². The van der Waals surface area contributed by atoms with E-state index in [1.807, 2.05) is 42.2 Å². The summed E-state index contributed by atoms with van der Waals surface area (Å²) in [6, 6.07) is 7.26. The second kappa shape index (κ2) is 9.65. The lowest BCUT2D eigenvalue weighted by molar-refractivity contribution is -0.131. The molecule has 2 fully saturated rings. The molecule has 32 heavy (non-hydrogen) atoms. The first-order chi connectivity index (χ1) is 15.4. The molecule has 2 amide bonds. The zero-order chi connectivity index (χ0) is 22.7. The molecular formula is C24H32N6O2. The van der Waals surface area contributed by atoms with Gasteiger partial charge in [-0.2, -0.15) is 0 Å². The first kappa shape index (κ1) is 22.2. The topological polar surface area (TPSA) is 95.7 Å². The van der Waals surface area contributed by atoms with Crippen molar-refractivity contribution < 1.29 is 9.59 Å². The van der Waals surface area contributed by atoms with E-state index in [9.17, 15) is 9.59 Å². The summed E-state index contributed by atoms with van der Waals surface area (Å²) in [5.41, 5.74) is 8.60. The van der Waals surface area contributed by atoms with Gasteiger partial charge in [-0.3, -0.25) is 14.5 Å². The minimum atomic E-state index is -0.463. The molecule has 0 aliphatic carbocycles. The van der Waals surface area contributed by atoms with Crippen LogP contribution in [0.3, 0.4) is 0 Å². The highest BCUT2D eigenvalue weighted by molar-refractivity contribution is 5.94. The number of rotatable bonds is 6. The highest BCUT2D eigenvalue weighted by atomic mass is 16.2. The monoisotopic (exact) mass is 436 g/mol. The summed E-state index contributed by atoms with van der Waals surface area (Å²) in [6.07, 6.45) is 6.29. The third-order valence-corrected chi connectivity index (χ3v) is 6.40. The molecule has 1 aromatic carbocycles. The van der Waals surface area contributed by atoms with E-state index in [1.54, 1.807) is 12.1 Å². The Balaban J connectivity index is 1.58. The molecular weight excluding hydrogens is 404 g/mol. The van der Waals surface area contributed by atoms with Crippen LogP contribution in [0, 0.1) is 0 Å². The second-order valence-electron chi connectivity index (χ2n) is 8.97. The van der Waals surface area contributed by atoms with Crippen molar-refractivity contribution in [2.75, 3.05) is 51.7 Å². The summed E-state index contributed by atoms with van der Waals surface area (Å²) in [7, 11) is 3.82. The Labute approximate surface area is 189 Å². The van der Waals surface area contributed by atoms with Crippen LogP contribution < -0.4 is 10.6 Å². The number of carbonyl (C=O) groups excluding carboxylic acids is 2. The van der Waals surface area contributed by atoms with Gasteiger partial charge in [0, 0.05) is 50.4 Å². The van der Waals surface area contributed by atoms with Gasteiger partial charge in [-0.05, 0) is 50.0 Å². The van der Waals surface area contributed by atoms with Gasteiger partial charge in [-0.25, -0.2) is 9.97 Å². The number of carbonyl (C=O) groups is 2. The molecule has 3 heterocycles. The van der Waals surface area contributed by atoms with Crippen LogP contribution in [-0.2, 0) is 4.79 Å². The van der Waals surface area contributed by atoms with Crippen LogP contribution in [-0.4, -0.2) is 78.4 Å². The van der Waals surface area contributed by atoms with Crippen molar-refractivity contribution in [2.24, 2.45) is 5.73 Å². The van der Waals surface area contributed by atoms with E-state index in [1.165, 1.54) is 19.3 Å². The van der Waals surface area contributed by atoms with E-state index in [-0.39, 0.29) is 11.8 Å². The van der Waals surface area contributed by atoms with Gasteiger partial charge in [0.25, 0.3) is 0 Å². The zero-order valence-electron chi connectivity index (χ0n) is 19.0. The van der Waals surface area contributed by atoms with Crippen LogP contribution in [0.2, 0.25) is 0 Å². The Morgan fingerprint density at radius 2 is 1.94 bits per heavy atom. The third-order valence-electron chi connectivity index (χ3n) is 6.40. The van der Waals surface area contributed by atoms with E-state index in [0.717, 1.165) is 42.9 Å². The van der Waals surface area contributed by atoms with E-state index in [2.05, 4.69) is 9.88 Å². The normalized spacial score (nSPS) is 19.2. The molecule has 8 heteroatoms. The molecule has 0 saturated carbocycles. The van der Waals surface area contributed by atoms with Crippen molar-refractivity contribution >= 4 is 17.8 Å². The van der Waals surface area contributed by atoms with Crippen molar-refractivity contribution in [1.29, 1.82) is 0 Å². The Hall–Kier alpha value is -3.00. The molecule has 2 aliphatic heterocycles. The summed E-state index contributed by atoms with van der Waals surface area (Å²) < 4.78 is 0. The molecule has 0 unspecified atom stereocenters. The maximum Gasteiger partial charge on any atom is 0.248 e. The number of anilines is 1. The molecule has 0 bridgehead atoms. The molecule has 0 radical (unpaired) electrons. The average molecular weight is 437 g/mol. The molecule has 1 aromatic heterocycles. The van der Waals surface area contributed by atoms with Crippen LogP contribution >= 0.6 is 0 Å². The van der Waals surface area contributed by atoms with Gasteiger partial charge < -0.3 is 15.5 Å². The fourth-order valence-corrected chi connectivity index (χ4v) is 4.59. The molecule has 2 aliphatic rings. The number of benzene rings is 1. The standard InChI is InChI=1S/C24H32N6O2/c1-28(2)24-26-14-20(17-7-6-8-18(13-17)23(25)32)22(27-24)19-9-12-30(15-19)21(31)16-29-10-4-3-5-11-29/h6-8,13-14,19H,3-5,9-12,15-16H2,1-2H3,(H2,25,32)/t19-/m1/s1. The van der Waals surface area contributed by atoms with E-state index in [4.69, 9.17) is 10.7 Å². The summed E-state index contributed by atoms with van der Waals surface area (Å²) >= 11 is 0. The molecule has 1 atom stereocenters. The van der Waals surface area contributed by atoms with Crippen LogP contribution in [0.15, 0.2) is 30.5 Å². The molecule has 0 spiro atoms. The number of hydrogen-bond acceptors (Lipinski definition) is 6. The Bertz CT molecular complexity index is 986. The zero-order valence-corrected chi connectivity index (χ0v) is 19.0. The van der Waals surface area contributed by atoms with Gasteiger partial charge in [-0.15, -0.1) is 0 Å². The number of piperidine rings is 1. The molecule has 170 valence electrons. The predicted octanol–water partition coefficient (Wildman–Crippen LogP) is 2.11. The van der Waals surface area contributed by atoms with Crippen molar-refractivity contribution in [3.8, 4) is 11.1 Å². The highest BCUT2D eigenvalue weighted by Gasteiger charge is 2.31. The molecule has 2 N–H and O–H groups in total. The smallest absolute Gasteiger partial charge is 0.248 e. The molecule has 4 rings (SSSR count). The Kier molecular flexibility index (Phi) is 6.69. The number of amides is 2. The number of hydrogen-bond donors (Lipinski definition) is 1. The summed E-state index contributed by atoms with van der Waals surface area (Å²) in [5, 5.41) is 0. The van der Waals surface area contributed by atoms with E-state index < -0.39 is 5.91 Å². The maximum atomic E-state index is 12.9. The number of nitrogens with zero attached hydrogens (tertiary/aromatic N) is 5. The summed E-state index contributed by atoms with van der Waals surface area (Å²) in [6.45, 7) is 3.92. The Morgan fingerprint density at radius 3 is 2.66 bits per heavy atom. The average Bonchev–Trinajstić information content (AvgIpc) is 3.30. The molecule has 2 saturated heterocycles. The quantitative estimate of drug-likeness (QED) is 0.745. The first-order valence-corrected chi connectivity index (χ1v) is 11.4. The van der Waals surface area contributed by atoms with Gasteiger partial charge in [0.1, 0.15) is 0 Å². The van der Waals surface area contributed by atoms with Crippen molar-refractivity contribution in [3.05, 3.63) is 41.7 Å². The largest absolute Gasteiger partial charge is 0.366 e. The maximum absolute atomic E-state index is 12.9. The van der Waals surface area contributed by atoms with Crippen LogP contribution in [0.1, 0.15) is 47.7 Å². The van der Waals surface area contributed by atoms with Crippen molar-refractivity contribution in [3.63, 3.8) is 0 Å². The fraction of sp³-hybridized carbons (Fsp3) is 0.500. The van der Waals surface area contributed by atoms with Crippen LogP contribution in [0.25, 0.3) is 11.1 Å². The van der Waals surface area contributed by atoms with Crippen LogP contribution in [0.4, 0.5) is 5.95 Å².